The standard InChI is InChI=1S/C10H12ClNO/c1-7-6-12-10(13-7)8-2-4-9(11)5-3-8/h2-5,7,10,12H,6H2,1H3. The second-order valence-corrected chi connectivity index (χ2v) is 3.72. The SMILES string of the molecule is CC1CNC(c2ccc(Cl)cc2)O1. The Morgan fingerprint density at radius 3 is 2.62 bits per heavy atom. The molecule has 0 amide bonds. The van der Waals surface area contributed by atoms with Crippen LogP contribution < -0.4 is 5.32 Å². The topological polar surface area (TPSA) is 21.3 Å². The first kappa shape index (κ1) is 9.00. The number of rotatable bonds is 1. The van der Waals surface area contributed by atoms with Crippen molar-refractivity contribution in [2.75, 3.05) is 6.54 Å². The van der Waals surface area contributed by atoms with Crippen LogP contribution in [0.3, 0.4) is 0 Å². The average molecular weight is 198 g/mol. The molecule has 0 aliphatic carbocycles. The first-order chi connectivity index (χ1) is 6.25. The second-order valence-electron chi connectivity index (χ2n) is 3.29. The van der Waals surface area contributed by atoms with Gasteiger partial charge in [-0.3, -0.25) is 5.32 Å². The number of halogens is 1. The van der Waals surface area contributed by atoms with Crippen molar-refractivity contribution in [3.05, 3.63) is 34.9 Å². The number of ether oxygens (including phenoxy) is 1. The molecule has 2 rings (SSSR count). The van der Waals surface area contributed by atoms with E-state index in [1.54, 1.807) is 0 Å². The normalized spacial score (nSPS) is 27.8. The van der Waals surface area contributed by atoms with Gasteiger partial charge in [0.1, 0.15) is 6.23 Å². The molecule has 1 heterocycles. The fourth-order valence-electron chi connectivity index (χ4n) is 1.44. The van der Waals surface area contributed by atoms with Crippen molar-refractivity contribution in [2.45, 2.75) is 19.3 Å². The largest absolute Gasteiger partial charge is 0.355 e. The Bertz CT molecular complexity index is 285. The summed E-state index contributed by atoms with van der Waals surface area (Å²) in [6.45, 7) is 2.97. The zero-order chi connectivity index (χ0) is 9.26. The average Bonchev–Trinajstić information content (AvgIpc) is 2.53. The van der Waals surface area contributed by atoms with Gasteiger partial charge in [0, 0.05) is 11.6 Å². The van der Waals surface area contributed by atoms with Crippen LogP contribution in [0.25, 0.3) is 0 Å². The molecule has 1 aromatic rings. The lowest BCUT2D eigenvalue weighted by Crippen LogP contribution is -2.14. The van der Waals surface area contributed by atoms with E-state index in [9.17, 15) is 0 Å². The van der Waals surface area contributed by atoms with Crippen molar-refractivity contribution in [2.24, 2.45) is 0 Å². The summed E-state index contributed by atoms with van der Waals surface area (Å²) >= 11 is 5.79. The summed E-state index contributed by atoms with van der Waals surface area (Å²) in [5.74, 6) is 0. The summed E-state index contributed by atoms with van der Waals surface area (Å²) in [6.07, 6.45) is 0.327. The third kappa shape index (κ3) is 2.02. The van der Waals surface area contributed by atoms with Crippen LogP contribution in [0, 0.1) is 0 Å². The van der Waals surface area contributed by atoms with E-state index in [0.717, 1.165) is 17.1 Å². The van der Waals surface area contributed by atoms with Gasteiger partial charge in [-0.05, 0) is 24.6 Å². The predicted molar refractivity (Wildman–Crippen MR) is 52.7 cm³/mol. The summed E-state index contributed by atoms with van der Waals surface area (Å²) < 4.78 is 5.63. The van der Waals surface area contributed by atoms with Gasteiger partial charge in [-0.15, -0.1) is 0 Å². The third-order valence-corrected chi connectivity index (χ3v) is 2.38. The van der Waals surface area contributed by atoms with E-state index in [1.807, 2.05) is 24.3 Å². The Morgan fingerprint density at radius 2 is 2.08 bits per heavy atom. The van der Waals surface area contributed by atoms with Gasteiger partial charge in [-0.25, -0.2) is 0 Å². The summed E-state index contributed by atoms with van der Waals surface area (Å²) in [7, 11) is 0. The molecule has 2 unspecified atom stereocenters. The molecular weight excluding hydrogens is 186 g/mol. The molecule has 1 saturated heterocycles. The number of benzene rings is 1. The minimum Gasteiger partial charge on any atom is -0.355 e. The van der Waals surface area contributed by atoms with Gasteiger partial charge in [0.15, 0.2) is 0 Å². The van der Waals surface area contributed by atoms with Crippen LogP contribution in [0.1, 0.15) is 18.7 Å². The summed E-state index contributed by atoms with van der Waals surface area (Å²) in [5.41, 5.74) is 1.13. The van der Waals surface area contributed by atoms with Crippen LogP contribution in [0.4, 0.5) is 0 Å². The molecule has 2 atom stereocenters. The molecule has 1 aliphatic rings. The first-order valence-corrected chi connectivity index (χ1v) is 4.78. The highest BCUT2D eigenvalue weighted by Gasteiger charge is 2.21. The highest BCUT2D eigenvalue weighted by Crippen LogP contribution is 2.22. The van der Waals surface area contributed by atoms with E-state index in [-0.39, 0.29) is 6.23 Å². The van der Waals surface area contributed by atoms with Crippen LogP contribution in [0.15, 0.2) is 24.3 Å². The van der Waals surface area contributed by atoms with Gasteiger partial charge in [-0.2, -0.15) is 0 Å². The van der Waals surface area contributed by atoms with Crippen molar-refractivity contribution in [3.8, 4) is 0 Å². The van der Waals surface area contributed by atoms with E-state index in [4.69, 9.17) is 16.3 Å². The smallest absolute Gasteiger partial charge is 0.134 e. The van der Waals surface area contributed by atoms with Crippen LogP contribution in [0.2, 0.25) is 5.02 Å². The van der Waals surface area contributed by atoms with Gasteiger partial charge in [0.2, 0.25) is 0 Å². The van der Waals surface area contributed by atoms with Crippen molar-refractivity contribution < 1.29 is 4.74 Å². The lowest BCUT2D eigenvalue weighted by molar-refractivity contribution is 0.0511. The van der Waals surface area contributed by atoms with Gasteiger partial charge >= 0.3 is 0 Å². The predicted octanol–water partition coefficient (Wildman–Crippen LogP) is 2.35. The highest BCUT2D eigenvalue weighted by atomic mass is 35.5. The second kappa shape index (κ2) is 3.66. The van der Waals surface area contributed by atoms with Crippen LogP contribution in [0.5, 0.6) is 0 Å². The molecule has 1 aliphatic heterocycles. The summed E-state index contributed by atoms with van der Waals surface area (Å²) in [5, 5.41) is 4.04. The van der Waals surface area contributed by atoms with E-state index in [0.29, 0.717) is 6.10 Å². The molecule has 70 valence electrons. The van der Waals surface area contributed by atoms with Crippen molar-refractivity contribution in [1.29, 1.82) is 0 Å². The van der Waals surface area contributed by atoms with Crippen molar-refractivity contribution in [1.82, 2.24) is 5.32 Å². The number of hydrogen-bond acceptors (Lipinski definition) is 2. The highest BCUT2D eigenvalue weighted by molar-refractivity contribution is 6.30. The molecule has 13 heavy (non-hydrogen) atoms. The van der Waals surface area contributed by atoms with Crippen molar-refractivity contribution >= 4 is 11.6 Å². The van der Waals surface area contributed by atoms with Gasteiger partial charge in [0.05, 0.1) is 6.10 Å². The van der Waals surface area contributed by atoms with E-state index < -0.39 is 0 Å². The van der Waals surface area contributed by atoms with E-state index >= 15 is 0 Å². The number of nitrogens with one attached hydrogen (secondary N) is 1. The van der Waals surface area contributed by atoms with Gasteiger partial charge < -0.3 is 4.74 Å². The molecule has 2 nitrogen and oxygen atoms in total. The molecule has 3 heteroatoms. The molecule has 0 spiro atoms. The molecule has 1 fully saturated rings. The Hall–Kier alpha value is -0.570. The molecule has 0 radical (unpaired) electrons. The zero-order valence-electron chi connectivity index (χ0n) is 7.46. The summed E-state index contributed by atoms with van der Waals surface area (Å²) in [6, 6.07) is 7.73. The van der Waals surface area contributed by atoms with E-state index in [2.05, 4.69) is 12.2 Å². The Kier molecular flexibility index (Phi) is 2.54. The lowest BCUT2D eigenvalue weighted by atomic mass is 10.2. The van der Waals surface area contributed by atoms with Crippen LogP contribution in [-0.2, 0) is 4.74 Å². The minimum absolute atomic E-state index is 0.0345. The third-order valence-electron chi connectivity index (χ3n) is 2.13. The Morgan fingerprint density at radius 1 is 1.38 bits per heavy atom. The fraction of sp³-hybridized carbons (Fsp3) is 0.400. The van der Waals surface area contributed by atoms with Crippen molar-refractivity contribution in [3.63, 3.8) is 0 Å². The minimum atomic E-state index is 0.0345. The molecule has 1 N–H and O–H groups in total. The van der Waals surface area contributed by atoms with Gasteiger partial charge in [0.25, 0.3) is 0 Å². The summed E-state index contributed by atoms with van der Waals surface area (Å²) in [4.78, 5) is 0. The fourth-order valence-corrected chi connectivity index (χ4v) is 1.56. The maximum atomic E-state index is 5.79. The maximum Gasteiger partial charge on any atom is 0.134 e. The van der Waals surface area contributed by atoms with Crippen LogP contribution in [-0.4, -0.2) is 12.6 Å². The Labute approximate surface area is 82.9 Å². The zero-order valence-corrected chi connectivity index (χ0v) is 8.21. The molecule has 0 aromatic heterocycles. The maximum absolute atomic E-state index is 5.79. The quantitative estimate of drug-likeness (QED) is 0.746. The number of hydrogen-bond donors (Lipinski definition) is 1. The first-order valence-electron chi connectivity index (χ1n) is 4.40. The monoisotopic (exact) mass is 197 g/mol. The molecular formula is C10H12ClNO. The Balaban J connectivity index is 2.13. The molecule has 0 saturated carbocycles. The van der Waals surface area contributed by atoms with E-state index in [1.165, 1.54) is 0 Å². The van der Waals surface area contributed by atoms with Gasteiger partial charge in [-0.1, -0.05) is 23.7 Å². The van der Waals surface area contributed by atoms with Crippen LogP contribution >= 0.6 is 11.6 Å². The lowest BCUT2D eigenvalue weighted by Gasteiger charge is -2.10. The molecule has 1 aromatic carbocycles. The molecule has 0 bridgehead atoms.